The van der Waals surface area contributed by atoms with Crippen LogP contribution in [0.25, 0.3) is 0 Å². The number of halogens is 7. The predicted octanol–water partition coefficient (Wildman–Crippen LogP) is 5.26. The van der Waals surface area contributed by atoms with Crippen molar-refractivity contribution in [2.45, 2.75) is 11.0 Å². The van der Waals surface area contributed by atoms with E-state index in [-0.39, 0.29) is 17.2 Å². The summed E-state index contributed by atoms with van der Waals surface area (Å²) in [5.74, 6) is -0.580. The first kappa shape index (κ1) is 16.2. The van der Waals surface area contributed by atoms with Gasteiger partial charge >= 0.3 is 6.18 Å². The number of alkyl halides is 4. The molecule has 1 unspecified atom stereocenters. The van der Waals surface area contributed by atoms with Crippen molar-refractivity contribution in [2.75, 3.05) is 13.2 Å². The highest BCUT2D eigenvalue weighted by molar-refractivity contribution is 9.10. The second kappa shape index (κ2) is 6.54. The van der Waals surface area contributed by atoms with Gasteiger partial charge in [-0.25, -0.2) is 4.39 Å². The van der Waals surface area contributed by atoms with E-state index < -0.39 is 23.4 Å². The second-order valence-electron chi connectivity index (χ2n) is 3.39. The van der Waals surface area contributed by atoms with Crippen molar-refractivity contribution < 1.29 is 22.3 Å². The summed E-state index contributed by atoms with van der Waals surface area (Å²) < 4.78 is 54.0. The molecule has 8 heteroatoms. The topological polar surface area (TPSA) is 9.23 Å². The Morgan fingerprint density at radius 2 is 1.94 bits per heavy atom. The Hall–Kier alpha value is 0.150. The smallest absolute Gasteiger partial charge is 0.371 e. The lowest BCUT2D eigenvalue weighted by atomic mass is 10.1. The third-order valence-corrected chi connectivity index (χ3v) is 3.86. The van der Waals surface area contributed by atoms with Crippen LogP contribution in [0.3, 0.4) is 0 Å². The highest BCUT2D eigenvalue weighted by Gasteiger charge is 2.28. The zero-order valence-corrected chi connectivity index (χ0v) is 12.6. The fraction of sp³-hybridized carbons (Fsp3) is 0.400. The Morgan fingerprint density at radius 1 is 1.33 bits per heavy atom. The number of hydrogen-bond acceptors (Lipinski definition) is 1. The van der Waals surface area contributed by atoms with Crippen LogP contribution in [0, 0.1) is 5.82 Å². The monoisotopic (exact) mass is 412 g/mol. The van der Waals surface area contributed by atoms with Crippen LogP contribution in [0.4, 0.5) is 17.6 Å². The van der Waals surface area contributed by atoms with Crippen molar-refractivity contribution in [1.29, 1.82) is 0 Å². The van der Waals surface area contributed by atoms with Gasteiger partial charge in [0.1, 0.15) is 12.4 Å². The van der Waals surface area contributed by atoms with Crippen molar-refractivity contribution >= 4 is 43.5 Å². The van der Waals surface area contributed by atoms with Crippen LogP contribution < -0.4 is 0 Å². The summed E-state index contributed by atoms with van der Waals surface area (Å²) in [5, 5.41) is 0.270. The molecular formula is C10H7Br2ClF4O. The molecule has 1 rings (SSSR count). The van der Waals surface area contributed by atoms with Crippen molar-refractivity contribution in [3.05, 3.63) is 33.0 Å². The number of hydrogen-bond donors (Lipinski definition) is 0. The zero-order chi connectivity index (χ0) is 13.9. The Morgan fingerprint density at radius 3 is 2.50 bits per heavy atom. The van der Waals surface area contributed by atoms with Crippen LogP contribution in [0.5, 0.6) is 0 Å². The van der Waals surface area contributed by atoms with E-state index in [4.69, 9.17) is 11.6 Å². The van der Waals surface area contributed by atoms with Gasteiger partial charge in [-0.3, -0.25) is 0 Å². The maximum Gasteiger partial charge on any atom is 0.411 e. The summed E-state index contributed by atoms with van der Waals surface area (Å²) in [6.45, 7) is -1.69. The first-order valence-electron chi connectivity index (χ1n) is 4.63. The zero-order valence-electron chi connectivity index (χ0n) is 8.70. The second-order valence-corrected chi connectivity index (χ2v) is 5.75. The highest BCUT2D eigenvalue weighted by Crippen LogP contribution is 2.32. The predicted molar refractivity (Wildman–Crippen MR) is 67.7 cm³/mol. The molecule has 0 aliphatic rings. The van der Waals surface area contributed by atoms with Gasteiger partial charge in [0.25, 0.3) is 0 Å². The molecule has 0 N–H and O–H groups in total. The van der Waals surface area contributed by atoms with Gasteiger partial charge in [-0.15, -0.1) is 0 Å². The molecule has 0 aliphatic carbocycles. The van der Waals surface area contributed by atoms with Gasteiger partial charge in [0, 0.05) is 10.0 Å². The first-order valence-corrected chi connectivity index (χ1v) is 6.72. The first-order chi connectivity index (χ1) is 8.20. The molecule has 0 saturated carbocycles. The largest absolute Gasteiger partial charge is 0.411 e. The summed E-state index contributed by atoms with van der Waals surface area (Å²) in [6, 6.07) is 2.48. The standard InChI is InChI=1S/C10H7Br2ClF4O/c11-6-2-9(14)5(1-8(6)13)7(12)3-18-4-10(15,16)17/h1-2,7H,3-4H2. The SMILES string of the molecule is Fc1cc(Br)c(Cl)cc1C(Br)COCC(F)(F)F. The molecule has 0 amide bonds. The highest BCUT2D eigenvalue weighted by atomic mass is 79.9. The van der Waals surface area contributed by atoms with Crippen molar-refractivity contribution in [3.8, 4) is 0 Å². The lowest BCUT2D eigenvalue weighted by Crippen LogP contribution is -2.18. The maximum absolute atomic E-state index is 13.5. The van der Waals surface area contributed by atoms with E-state index in [2.05, 4.69) is 36.6 Å². The molecule has 0 radical (unpaired) electrons. The van der Waals surface area contributed by atoms with Crippen LogP contribution in [-0.2, 0) is 4.74 Å². The van der Waals surface area contributed by atoms with Crippen molar-refractivity contribution in [3.63, 3.8) is 0 Å². The van der Waals surface area contributed by atoms with Crippen molar-refractivity contribution in [2.24, 2.45) is 0 Å². The molecule has 0 spiro atoms. The maximum atomic E-state index is 13.5. The van der Waals surface area contributed by atoms with Gasteiger partial charge in [0.05, 0.1) is 16.5 Å². The lowest BCUT2D eigenvalue weighted by molar-refractivity contribution is -0.173. The van der Waals surface area contributed by atoms with Crippen molar-refractivity contribution in [1.82, 2.24) is 0 Å². The summed E-state index contributed by atoms with van der Waals surface area (Å²) in [6.07, 6.45) is -4.40. The normalized spacial score (nSPS) is 13.7. The summed E-state index contributed by atoms with van der Waals surface area (Å²) in [7, 11) is 0. The molecule has 0 saturated heterocycles. The molecule has 18 heavy (non-hydrogen) atoms. The van der Waals surface area contributed by atoms with E-state index in [1.807, 2.05) is 0 Å². The van der Waals surface area contributed by atoms with Crippen LogP contribution in [0.1, 0.15) is 10.4 Å². The summed E-state index contributed by atoms with van der Waals surface area (Å²) in [4.78, 5) is -0.703. The molecule has 0 fully saturated rings. The summed E-state index contributed by atoms with van der Waals surface area (Å²) >= 11 is 11.9. The molecule has 0 bridgehead atoms. The Kier molecular flexibility index (Phi) is 5.89. The van der Waals surface area contributed by atoms with Crippen LogP contribution in [-0.4, -0.2) is 19.4 Å². The molecule has 1 aromatic rings. The van der Waals surface area contributed by atoms with Gasteiger partial charge in [0.2, 0.25) is 0 Å². The minimum Gasteiger partial charge on any atom is -0.371 e. The molecule has 102 valence electrons. The number of ether oxygens (including phenoxy) is 1. The quantitative estimate of drug-likeness (QED) is 0.371. The number of rotatable bonds is 4. The van der Waals surface area contributed by atoms with Gasteiger partial charge in [0.15, 0.2) is 0 Å². The van der Waals surface area contributed by atoms with E-state index in [1.165, 1.54) is 6.07 Å². The average Bonchev–Trinajstić information content (AvgIpc) is 2.21. The Balaban J connectivity index is 2.67. The molecule has 1 atom stereocenters. The van der Waals surface area contributed by atoms with Gasteiger partial charge in [-0.1, -0.05) is 27.5 Å². The van der Waals surface area contributed by atoms with Gasteiger partial charge < -0.3 is 4.74 Å². The molecular weight excluding hydrogens is 407 g/mol. The van der Waals surface area contributed by atoms with E-state index in [0.29, 0.717) is 4.47 Å². The van der Waals surface area contributed by atoms with Crippen LogP contribution in [0.2, 0.25) is 5.02 Å². The van der Waals surface area contributed by atoms with Gasteiger partial charge in [-0.2, -0.15) is 13.2 Å². The number of benzene rings is 1. The van der Waals surface area contributed by atoms with E-state index >= 15 is 0 Å². The minimum absolute atomic E-state index is 0.144. The Bertz CT molecular complexity index is 425. The molecule has 0 heterocycles. The Labute approximate surface area is 123 Å². The third-order valence-electron chi connectivity index (χ3n) is 1.91. The lowest BCUT2D eigenvalue weighted by Gasteiger charge is -2.14. The average molecular weight is 414 g/mol. The molecule has 0 aromatic heterocycles. The molecule has 1 nitrogen and oxygen atoms in total. The van der Waals surface area contributed by atoms with E-state index in [9.17, 15) is 17.6 Å². The molecule has 0 aliphatic heterocycles. The van der Waals surface area contributed by atoms with Gasteiger partial charge in [-0.05, 0) is 28.1 Å². The van der Waals surface area contributed by atoms with E-state index in [0.717, 1.165) is 6.07 Å². The summed E-state index contributed by atoms with van der Waals surface area (Å²) in [5.41, 5.74) is 0.144. The van der Waals surface area contributed by atoms with Crippen LogP contribution in [0.15, 0.2) is 16.6 Å². The van der Waals surface area contributed by atoms with E-state index in [1.54, 1.807) is 0 Å². The molecule has 1 aromatic carbocycles. The van der Waals surface area contributed by atoms with Crippen LogP contribution >= 0.6 is 43.5 Å². The fourth-order valence-corrected chi connectivity index (χ4v) is 2.17. The fourth-order valence-electron chi connectivity index (χ4n) is 1.15. The minimum atomic E-state index is -4.40. The third kappa shape index (κ3) is 5.03.